The molecule has 0 radical (unpaired) electrons. The van der Waals surface area contributed by atoms with Gasteiger partial charge in [0, 0.05) is 17.0 Å². The van der Waals surface area contributed by atoms with E-state index in [9.17, 15) is 4.79 Å². The number of carbonyl (C=O) groups excluding carboxylic acids is 1. The van der Waals surface area contributed by atoms with Crippen LogP contribution >= 0.6 is 11.8 Å². The standard InChI is InChI=1S/C15H24N2OS/c1-11-6-8-13(9-7-11)17-14(18)12(2)16-10-15(3,4)19-5/h6-9,12,16H,10H2,1-5H3,(H,17,18). The molecule has 1 aromatic rings. The van der Waals surface area contributed by atoms with Gasteiger partial charge >= 0.3 is 0 Å². The number of carbonyl (C=O) groups is 1. The molecule has 0 heterocycles. The van der Waals surface area contributed by atoms with Crippen molar-refractivity contribution in [2.75, 3.05) is 18.1 Å². The minimum atomic E-state index is -0.201. The summed E-state index contributed by atoms with van der Waals surface area (Å²) in [5, 5.41) is 6.19. The van der Waals surface area contributed by atoms with Crippen molar-refractivity contribution in [2.45, 2.75) is 38.5 Å². The second-order valence-corrected chi connectivity index (χ2v) is 6.94. The summed E-state index contributed by atoms with van der Waals surface area (Å²) >= 11 is 1.79. The van der Waals surface area contributed by atoms with Gasteiger partial charge in [-0.3, -0.25) is 4.79 Å². The van der Waals surface area contributed by atoms with Crippen LogP contribution in [0.1, 0.15) is 26.3 Å². The molecule has 0 aliphatic heterocycles. The number of benzene rings is 1. The Morgan fingerprint density at radius 1 is 1.32 bits per heavy atom. The fourth-order valence-electron chi connectivity index (χ4n) is 1.45. The Bertz CT molecular complexity index is 415. The van der Waals surface area contributed by atoms with E-state index in [1.807, 2.05) is 38.1 Å². The van der Waals surface area contributed by atoms with Gasteiger partial charge in [-0.15, -0.1) is 0 Å². The van der Waals surface area contributed by atoms with Crippen LogP contribution in [0.5, 0.6) is 0 Å². The Kier molecular flexibility index (Phi) is 5.88. The Morgan fingerprint density at radius 2 is 1.89 bits per heavy atom. The smallest absolute Gasteiger partial charge is 0.241 e. The van der Waals surface area contributed by atoms with Crippen molar-refractivity contribution in [3.8, 4) is 0 Å². The molecule has 2 N–H and O–H groups in total. The molecule has 1 aromatic carbocycles. The van der Waals surface area contributed by atoms with E-state index in [-0.39, 0.29) is 16.7 Å². The maximum absolute atomic E-state index is 12.0. The topological polar surface area (TPSA) is 41.1 Å². The zero-order valence-corrected chi connectivity index (χ0v) is 13.2. The van der Waals surface area contributed by atoms with Crippen LogP contribution in [0, 0.1) is 6.92 Å². The predicted molar refractivity (Wildman–Crippen MR) is 84.9 cm³/mol. The first-order valence-electron chi connectivity index (χ1n) is 6.50. The summed E-state index contributed by atoms with van der Waals surface area (Å²) in [6, 6.07) is 7.62. The molecule has 1 atom stereocenters. The van der Waals surface area contributed by atoms with Crippen LogP contribution in [0.4, 0.5) is 5.69 Å². The molecule has 1 rings (SSSR count). The third kappa shape index (κ3) is 5.66. The molecule has 1 amide bonds. The van der Waals surface area contributed by atoms with Crippen molar-refractivity contribution >= 4 is 23.4 Å². The summed E-state index contributed by atoms with van der Waals surface area (Å²) in [7, 11) is 0. The Hall–Kier alpha value is -1.00. The number of amides is 1. The lowest BCUT2D eigenvalue weighted by Crippen LogP contribution is -2.43. The van der Waals surface area contributed by atoms with E-state index in [1.54, 1.807) is 11.8 Å². The number of rotatable bonds is 6. The zero-order valence-electron chi connectivity index (χ0n) is 12.4. The molecule has 0 aliphatic rings. The minimum absolute atomic E-state index is 0.000700. The lowest BCUT2D eigenvalue weighted by atomic mass is 10.2. The summed E-state index contributed by atoms with van der Waals surface area (Å²) in [6.07, 6.45) is 2.08. The molecule has 3 nitrogen and oxygen atoms in total. The van der Waals surface area contributed by atoms with Crippen LogP contribution < -0.4 is 10.6 Å². The Morgan fingerprint density at radius 3 is 2.42 bits per heavy atom. The third-order valence-electron chi connectivity index (χ3n) is 3.10. The lowest BCUT2D eigenvalue weighted by Gasteiger charge is -2.24. The number of hydrogen-bond donors (Lipinski definition) is 2. The molecule has 0 aromatic heterocycles. The number of aryl methyl sites for hydroxylation is 1. The van der Waals surface area contributed by atoms with Gasteiger partial charge in [0.25, 0.3) is 0 Å². The van der Waals surface area contributed by atoms with Gasteiger partial charge in [0.15, 0.2) is 0 Å². The van der Waals surface area contributed by atoms with Gasteiger partial charge in [0.1, 0.15) is 0 Å². The first-order chi connectivity index (χ1) is 8.84. The highest BCUT2D eigenvalue weighted by atomic mass is 32.2. The highest BCUT2D eigenvalue weighted by Gasteiger charge is 2.19. The lowest BCUT2D eigenvalue weighted by molar-refractivity contribution is -0.117. The number of hydrogen-bond acceptors (Lipinski definition) is 3. The predicted octanol–water partition coefficient (Wildman–Crippen LogP) is 3.05. The van der Waals surface area contributed by atoms with E-state index in [4.69, 9.17) is 0 Å². The van der Waals surface area contributed by atoms with E-state index in [2.05, 4.69) is 30.7 Å². The molecule has 0 spiro atoms. The van der Waals surface area contributed by atoms with E-state index < -0.39 is 0 Å². The maximum Gasteiger partial charge on any atom is 0.241 e. The highest BCUT2D eigenvalue weighted by molar-refractivity contribution is 7.99. The van der Waals surface area contributed by atoms with Crippen molar-refractivity contribution in [1.82, 2.24) is 5.32 Å². The van der Waals surface area contributed by atoms with Crippen LogP contribution in [0.2, 0.25) is 0 Å². The largest absolute Gasteiger partial charge is 0.325 e. The van der Waals surface area contributed by atoms with Gasteiger partial charge in [-0.25, -0.2) is 0 Å². The van der Waals surface area contributed by atoms with Crippen molar-refractivity contribution in [3.63, 3.8) is 0 Å². The molecule has 0 aliphatic carbocycles. The van der Waals surface area contributed by atoms with Crippen molar-refractivity contribution in [3.05, 3.63) is 29.8 Å². The van der Waals surface area contributed by atoms with Crippen LogP contribution in [-0.4, -0.2) is 29.5 Å². The van der Waals surface area contributed by atoms with E-state index in [1.165, 1.54) is 5.56 Å². The Labute approximate surface area is 120 Å². The number of nitrogens with one attached hydrogen (secondary N) is 2. The normalized spacial score (nSPS) is 13.1. The van der Waals surface area contributed by atoms with Gasteiger partial charge < -0.3 is 10.6 Å². The van der Waals surface area contributed by atoms with Crippen LogP contribution in [0.15, 0.2) is 24.3 Å². The van der Waals surface area contributed by atoms with Gasteiger partial charge in [0.2, 0.25) is 5.91 Å². The monoisotopic (exact) mass is 280 g/mol. The van der Waals surface area contributed by atoms with Gasteiger partial charge in [-0.2, -0.15) is 11.8 Å². The minimum Gasteiger partial charge on any atom is -0.325 e. The maximum atomic E-state index is 12.0. The molecule has 106 valence electrons. The van der Waals surface area contributed by atoms with Gasteiger partial charge in [-0.1, -0.05) is 17.7 Å². The second-order valence-electron chi connectivity index (χ2n) is 5.42. The van der Waals surface area contributed by atoms with E-state index in [0.717, 1.165) is 12.2 Å². The summed E-state index contributed by atoms with van der Waals surface area (Å²) in [5.74, 6) is 0.000700. The summed E-state index contributed by atoms with van der Waals surface area (Å²) in [4.78, 5) is 12.0. The molecule has 0 fully saturated rings. The highest BCUT2D eigenvalue weighted by Crippen LogP contribution is 2.19. The fourth-order valence-corrected chi connectivity index (χ4v) is 1.68. The molecule has 1 unspecified atom stereocenters. The summed E-state index contributed by atoms with van der Waals surface area (Å²) < 4.78 is 0.137. The summed E-state index contributed by atoms with van der Waals surface area (Å²) in [5.41, 5.74) is 2.03. The molecule has 0 saturated carbocycles. The Balaban J connectivity index is 2.47. The molecule has 4 heteroatoms. The molecular weight excluding hydrogens is 256 g/mol. The quantitative estimate of drug-likeness (QED) is 0.841. The van der Waals surface area contributed by atoms with Crippen molar-refractivity contribution in [1.29, 1.82) is 0 Å². The SMILES string of the molecule is CSC(C)(C)CNC(C)C(=O)Nc1ccc(C)cc1. The van der Waals surface area contributed by atoms with Gasteiger partial charge in [-0.05, 0) is 46.1 Å². The average Bonchev–Trinajstić information content (AvgIpc) is 2.38. The zero-order chi connectivity index (χ0) is 14.5. The molecular formula is C15H24N2OS. The van der Waals surface area contributed by atoms with Crippen molar-refractivity contribution < 1.29 is 4.79 Å². The number of thioether (sulfide) groups is 1. The second kappa shape index (κ2) is 6.96. The van der Waals surface area contributed by atoms with Crippen LogP contribution in [0.25, 0.3) is 0 Å². The van der Waals surface area contributed by atoms with Crippen molar-refractivity contribution in [2.24, 2.45) is 0 Å². The number of anilines is 1. The average molecular weight is 280 g/mol. The summed E-state index contributed by atoms with van der Waals surface area (Å²) in [6.45, 7) is 9.04. The third-order valence-corrected chi connectivity index (χ3v) is 4.35. The van der Waals surface area contributed by atoms with Gasteiger partial charge in [0.05, 0.1) is 6.04 Å². The van der Waals surface area contributed by atoms with E-state index >= 15 is 0 Å². The molecule has 0 bridgehead atoms. The fraction of sp³-hybridized carbons (Fsp3) is 0.533. The first-order valence-corrected chi connectivity index (χ1v) is 7.72. The van der Waals surface area contributed by atoms with Crippen LogP contribution in [0.3, 0.4) is 0 Å². The van der Waals surface area contributed by atoms with Crippen LogP contribution in [-0.2, 0) is 4.79 Å². The first kappa shape index (κ1) is 16.1. The molecule has 0 saturated heterocycles. The van der Waals surface area contributed by atoms with E-state index in [0.29, 0.717) is 0 Å². The molecule has 19 heavy (non-hydrogen) atoms.